The number of carbonyl (C=O) groups is 2. The van der Waals surface area contributed by atoms with Crippen molar-refractivity contribution in [2.24, 2.45) is 0 Å². The molecular formula is C20H21FN3O3S+. The van der Waals surface area contributed by atoms with Gasteiger partial charge in [-0.2, -0.15) is 0 Å². The third-order valence-electron chi connectivity index (χ3n) is 4.22. The van der Waals surface area contributed by atoms with Gasteiger partial charge in [-0.25, -0.2) is 14.2 Å². The van der Waals surface area contributed by atoms with E-state index in [1.165, 1.54) is 29.4 Å². The predicted octanol–water partition coefficient (Wildman–Crippen LogP) is 2.01. The van der Waals surface area contributed by atoms with Crippen molar-refractivity contribution in [1.82, 2.24) is 4.98 Å². The minimum Gasteiger partial charge on any atom is -0.465 e. The number of para-hydroxylation sites is 1. The maximum atomic E-state index is 14.0. The first-order valence-corrected chi connectivity index (χ1v) is 9.56. The van der Waals surface area contributed by atoms with E-state index in [0.29, 0.717) is 34.0 Å². The Morgan fingerprint density at radius 3 is 2.43 bits per heavy atom. The van der Waals surface area contributed by atoms with Crippen LogP contribution in [0.15, 0.2) is 42.5 Å². The largest absolute Gasteiger partial charge is 0.465 e. The molecule has 8 heteroatoms. The molecule has 3 rings (SSSR count). The van der Waals surface area contributed by atoms with Gasteiger partial charge in [0, 0.05) is 5.56 Å². The molecule has 0 saturated carbocycles. The van der Waals surface area contributed by atoms with Crippen molar-refractivity contribution in [3.63, 3.8) is 0 Å². The van der Waals surface area contributed by atoms with Gasteiger partial charge in [0.2, 0.25) is 0 Å². The van der Waals surface area contributed by atoms with E-state index >= 15 is 0 Å². The fraction of sp³-hybridized carbons (Fsp3) is 0.250. The molecule has 0 aliphatic heterocycles. The second-order valence-corrected chi connectivity index (χ2v) is 7.57. The summed E-state index contributed by atoms with van der Waals surface area (Å²) in [5.74, 6) is -1.13. The minimum atomic E-state index is -0.464. The van der Waals surface area contributed by atoms with E-state index in [4.69, 9.17) is 0 Å². The molecule has 0 atom stereocenters. The molecule has 0 aliphatic carbocycles. The van der Waals surface area contributed by atoms with Gasteiger partial charge in [-0.3, -0.25) is 9.69 Å². The first-order valence-electron chi connectivity index (χ1n) is 8.75. The Bertz CT molecular complexity index is 1000. The fourth-order valence-electron chi connectivity index (χ4n) is 2.66. The van der Waals surface area contributed by atoms with Gasteiger partial charge >= 0.3 is 5.97 Å². The van der Waals surface area contributed by atoms with Crippen LogP contribution in [0.5, 0.6) is 0 Å². The number of fused-ring (bicyclic) bond motifs is 1. The summed E-state index contributed by atoms with van der Waals surface area (Å²) in [6, 6.07) is 11.0. The van der Waals surface area contributed by atoms with Gasteiger partial charge in [0.1, 0.15) is 11.3 Å². The van der Waals surface area contributed by atoms with Crippen molar-refractivity contribution >= 4 is 38.6 Å². The number of ether oxygens (including phenoxy) is 1. The van der Waals surface area contributed by atoms with Gasteiger partial charge in [-0.05, 0) is 36.4 Å². The lowest BCUT2D eigenvalue weighted by Gasteiger charge is -2.20. The monoisotopic (exact) mass is 402 g/mol. The second-order valence-electron chi connectivity index (χ2n) is 6.57. The van der Waals surface area contributed by atoms with Crippen LogP contribution in [0.1, 0.15) is 20.7 Å². The number of halogens is 1. The summed E-state index contributed by atoms with van der Waals surface area (Å²) in [7, 11) is 5.29. The quantitative estimate of drug-likeness (QED) is 0.641. The van der Waals surface area contributed by atoms with Crippen molar-refractivity contribution in [2.75, 3.05) is 39.2 Å². The molecule has 0 fully saturated rings. The van der Waals surface area contributed by atoms with E-state index < -0.39 is 11.8 Å². The summed E-state index contributed by atoms with van der Waals surface area (Å²) in [6.07, 6.45) is 0. The topological polar surface area (TPSA) is 63.9 Å². The van der Waals surface area contributed by atoms with Crippen LogP contribution in [-0.2, 0) is 4.74 Å². The molecule has 1 aromatic heterocycles. The number of likely N-dealkylation sites (N-methyl/N-ethyl adjacent to an activating group) is 1. The summed E-state index contributed by atoms with van der Waals surface area (Å²) in [5, 5.41) is 0.448. The maximum absolute atomic E-state index is 14.0. The highest BCUT2D eigenvalue weighted by Crippen LogP contribution is 2.31. The zero-order valence-electron chi connectivity index (χ0n) is 15.9. The fourth-order valence-corrected chi connectivity index (χ4v) is 3.67. The molecular weight excluding hydrogens is 381 g/mol. The van der Waals surface area contributed by atoms with Crippen molar-refractivity contribution < 1.29 is 23.6 Å². The molecule has 0 aliphatic rings. The third-order valence-corrected chi connectivity index (χ3v) is 5.27. The lowest BCUT2D eigenvalue weighted by Crippen LogP contribution is -3.06. The lowest BCUT2D eigenvalue weighted by atomic mass is 10.1. The third kappa shape index (κ3) is 4.18. The summed E-state index contributed by atoms with van der Waals surface area (Å²) in [4.78, 5) is 31.8. The van der Waals surface area contributed by atoms with Crippen LogP contribution in [0.3, 0.4) is 0 Å². The predicted molar refractivity (Wildman–Crippen MR) is 107 cm³/mol. The number of amides is 1. The van der Waals surface area contributed by atoms with Crippen molar-refractivity contribution in [3.8, 4) is 0 Å². The van der Waals surface area contributed by atoms with Gasteiger partial charge in [-0.15, -0.1) is 0 Å². The highest BCUT2D eigenvalue weighted by molar-refractivity contribution is 7.22. The average molecular weight is 402 g/mol. The number of nitrogens with one attached hydrogen (secondary N) is 1. The number of esters is 1. The van der Waals surface area contributed by atoms with Crippen molar-refractivity contribution in [1.29, 1.82) is 0 Å². The molecule has 1 N–H and O–H groups in total. The Morgan fingerprint density at radius 2 is 1.82 bits per heavy atom. The normalized spacial score (nSPS) is 11.0. The summed E-state index contributed by atoms with van der Waals surface area (Å²) < 4.78 is 19.4. The summed E-state index contributed by atoms with van der Waals surface area (Å²) >= 11 is 1.28. The molecule has 0 bridgehead atoms. The molecule has 0 unspecified atom stereocenters. The number of carbonyl (C=O) groups excluding carboxylic acids is 2. The first-order chi connectivity index (χ1) is 13.4. The van der Waals surface area contributed by atoms with E-state index in [1.807, 2.05) is 14.1 Å². The van der Waals surface area contributed by atoms with Crippen LogP contribution >= 0.6 is 11.3 Å². The molecule has 3 aromatic rings. The number of nitrogens with zero attached hydrogens (tertiary/aromatic N) is 2. The van der Waals surface area contributed by atoms with Gasteiger partial charge in [-0.1, -0.05) is 17.4 Å². The molecule has 2 aromatic carbocycles. The average Bonchev–Trinajstić information content (AvgIpc) is 3.12. The number of thiazole rings is 1. The molecule has 0 radical (unpaired) electrons. The Morgan fingerprint density at radius 1 is 1.14 bits per heavy atom. The van der Waals surface area contributed by atoms with E-state index in [0.717, 1.165) is 0 Å². The van der Waals surface area contributed by atoms with E-state index in [1.54, 1.807) is 41.3 Å². The van der Waals surface area contributed by atoms with Gasteiger partial charge < -0.3 is 9.64 Å². The Hall–Kier alpha value is -2.84. The number of aromatic nitrogens is 1. The highest BCUT2D eigenvalue weighted by Gasteiger charge is 2.23. The van der Waals surface area contributed by atoms with Gasteiger partial charge in [0.25, 0.3) is 5.91 Å². The SMILES string of the molecule is COC(=O)c1ccc(C(=O)N(CC[NH+](C)C)c2nc3c(F)cccc3s2)cc1. The van der Waals surface area contributed by atoms with Crippen LogP contribution in [-0.4, -0.2) is 51.2 Å². The molecule has 146 valence electrons. The van der Waals surface area contributed by atoms with Crippen LogP contribution in [0.2, 0.25) is 0 Å². The number of anilines is 1. The first kappa shape index (κ1) is 19.9. The number of hydrogen-bond acceptors (Lipinski definition) is 5. The van der Waals surface area contributed by atoms with Gasteiger partial charge in [0.15, 0.2) is 5.13 Å². The minimum absolute atomic E-state index is 0.253. The van der Waals surface area contributed by atoms with E-state index in [-0.39, 0.29) is 11.4 Å². The molecule has 1 amide bonds. The van der Waals surface area contributed by atoms with Crippen LogP contribution in [0, 0.1) is 5.82 Å². The number of hydrogen-bond donors (Lipinski definition) is 1. The summed E-state index contributed by atoms with van der Waals surface area (Å²) in [6.45, 7) is 1.13. The summed E-state index contributed by atoms with van der Waals surface area (Å²) in [5.41, 5.74) is 1.05. The highest BCUT2D eigenvalue weighted by atomic mass is 32.1. The number of rotatable bonds is 6. The van der Waals surface area contributed by atoms with Gasteiger partial charge in [0.05, 0.1) is 44.6 Å². The molecule has 0 saturated heterocycles. The molecule has 28 heavy (non-hydrogen) atoms. The van der Waals surface area contributed by atoms with E-state index in [2.05, 4.69) is 9.72 Å². The van der Waals surface area contributed by atoms with Crippen LogP contribution in [0.4, 0.5) is 9.52 Å². The standard InChI is InChI=1S/C20H20FN3O3S/c1-23(2)11-12-24(20-22-17-15(21)5-4-6-16(17)28-20)18(25)13-7-9-14(10-8-13)19(26)27-3/h4-10H,11-12H2,1-3H3/p+1. The van der Waals surface area contributed by atoms with E-state index in [9.17, 15) is 14.0 Å². The molecule has 1 heterocycles. The molecule has 6 nitrogen and oxygen atoms in total. The smallest absolute Gasteiger partial charge is 0.337 e. The molecule has 0 spiro atoms. The number of benzene rings is 2. The van der Waals surface area contributed by atoms with Crippen LogP contribution in [0.25, 0.3) is 10.2 Å². The second kappa shape index (κ2) is 8.45. The Kier molecular flexibility index (Phi) is 6.01. The number of quaternary nitrogens is 1. The van der Waals surface area contributed by atoms with Crippen LogP contribution < -0.4 is 9.80 Å². The van der Waals surface area contributed by atoms with Crippen molar-refractivity contribution in [2.45, 2.75) is 0 Å². The zero-order chi connectivity index (χ0) is 20.3. The van der Waals surface area contributed by atoms with Crippen molar-refractivity contribution in [3.05, 3.63) is 59.4 Å². The maximum Gasteiger partial charge on any atom is 0.337 e. The Balaban J connectivity index is 1.95. The lowest BCUT2D eigenvalue weighted by molar-refractivity contribution is -0.856. The Labute approximate surface area is 166 Å². The number of methoxy groups -OCH3 is 1. The zero-order valence-corrected chi connectivity index (χ0v) is 16.7.